The summed E-state index contributed by atoms with van der Waals surface area (Å²) in [5.41, 5.74) is 1.09. The average molecular weight is 396 g/mol. The minimum atomic E-state index is -0.840. The monoisotopic (exact) mass is 395 g/mol. The van der Waals surface area contributed by atoms with Crippen molar-refractivity contribution in [1.29, 1.82) is 0 Å². The van der Waals surface area contributed by atoms with Gasteiger partial charge in [0.1, 0.15) is 0 Å². The van der Waals surface area contributed by atoms with E-state index < -0.39 is 5.97 Å². The molecular formula is C18H19Cl2N3O3. The van der Waals surface area contributed by atoms with Crippen molar-refractivity contribution in [2.24, 2.45) is 0 Å². The molecule has 1 N–H and O–H groups in total. The summed E-state index contributed by atoms with van der Waals surface area (Å²) >= 11 is 12.1. The molecule has 1 aromatic carbocycles. The van der Waals surface area contributed by atoms with Gasteiger partial charge in [-0.05, 0) is 43.9 Å². The van der Waals surface area contributed by atoms with Crippen LogP contribution in [0.25, 0.3) is 5.69 Å². The molecule has 1 aromatic heterocycles. The van der Waals surface area contributed by atoms with E-state index in [2.05, 4.69) is 5.10 Å². The average Bonchev–Trinajstić information content (AvgIpc) is 3.09. The number of hydrogen-bond acceptors (Lipinski definition) is 3. The van der Waals surface area contributed by atoms with Gasteiger partial charge in [-0.3, -0.25) is 9.59 Å². The van der Waals surface area contributed by atoms with Crippen LogP contribution in [0.1, 0.15) is 42.5 Å². The highest BCUT2D eigenvalue weighted by Crippen LogP contribution is 2.26. The number of rotatable bonds is 5. The second-order valence-electron chi connectivity index (χ2n) is 6.35. The third kappa shape index (κ3) is 4.19. The Labute approximate surface area is 161 Å². The summed E-state index contributed by atoms with van der Waals surface area (Å²) in [6, 6.07) is 5.02. The predicted molar refractivity (Wildman–Crippen MR) is 99.1 cm³/mol. The standard InChI is InChI=1S/C18H19Cl2N3O3/c19-13-4-6-16(15(20)9-13)23-11-12(10-21-23)18(26)22-8-2-1-3-14(22)5-7-17(24)25/h4,6,9-11,14H,1-3,5,7-8H2,(H,24,25). The van der Waals surface area contributed by atoms with Crippen LogP contribution >= 0.6 is 23.2 Å². The number of benzene rings is 1. The number of carbonyl (C=O) groups excluding carboxylic acids is 1. The summed E-state index contributed by atoms with van der Waals surface area (Å²) in [5, 5.41) is 14.1. The van der Waals surface area contributed by atoms with E-state index in [1.807, 2.05) is 0 Å². The van der Waals surface area contributed by atoms with Crippen LogP contribution in [-0.2, 0) is 4.79 Å². The number of aromatic nitrogens is 2. The molecule has 1 fully saturated rings. The van der Waals surface area contributed by atoms with Gasteiger partial charge >= 0.3 is 5.97 Å². The van der Waals surface area contributed by atoms with E-state index in [0.717, 1.165) is 19.3 Å². The lowest BCUT2D eigenvalue weighted by Crippen LogP contribution is -2.43. The molecule has 1 atom stereocenters. The highest BCUT2D eigenvalue weighted by Gasteiger charge is 2.28. The van der Waals surface area contributed by atoms with Gasteiger partial charge in [0.25, 0.3) is 5.91 Å². The fraction of sp³-hybridized carbons (Fsp3) is 0.389. The van der Waals surface area contributed by atoms with Crippen LogP contribution in [0.2, 0.25) is 10.0 Å². The minimum absolute atomic E-state index is 0.0465. The van der Waals surface area contributed by atoms with E-state index in [1.165, 1.54) is 6.20 Å². The zero-order valence-corrected chi connectivity index (χ0v) is 15.6. The Morgan fingerprint density at radius 1 is 1.27 bits per heavy atom. The quantitative estimate of drug-likeness (QED) is 0.828. The Balaban J connectivity index is 1.78. The molecule has 1 saturated heterocycles. The molecule has 0 radical (unpaired) electrons. The Morgan fingerprint density at radius 3 is 2.81 bits per heavy atom. The minimum Gasteiger partial charge on any atom is -0.481 e. The smallest absolute Gasteiger partial charge is 0.303 e. The van der Waals surface area contributed by atoms with Gasteiger partial charge in [-0.1, -0.05) is 23.2 Å². The highest BCUT2D eigenvalue weighted by molar-refractivity contribution is 6.35. The highest BCUT2D eigenvalue weighted by atomic mass is 35.5. The number of halogens is 2. The molecule has 0 bridgehead atoms. The topological polar surface area (TPSA) is 75.4 Å². The van der Waals surface area contributed by atoms with Crippen LogP contribution in [0.4, 0.5) is 0 Å². The van der Waals surface area contributed by atoms with Crippen molar-refractivity contribution < 1.29 is 14.7 Å². The van der Waals surface area contributed by atoms with Gasteiger partial charge in [-0.25, -0.2) is 4.68 Å². The molecular weight excluding hydrogens is 377 g/mol. The first-order valence-corrected chi connectivity index (χ1v) is 9.24. The number of carboxylic acid groups (broad SMARTS) is 1. The second-order valence-corrected chi connectivity index (χ2v) is 7.19. The van der Waals surface area contributed by atoms with E-state index in [-0.39, 0.29) is 18.4 Å². The van der Waals surface area contributed by atoms with Crippen molar-refractivity contribution in [3.05, 3.63) is 46.2 Å². The number of piperidine rings is 1. The summed E-state index contributed by atoms with van der Waals surface area (Å²) in [4.78, 5) is 25.6. The molecule has 6 nitrogen and oxygen atoms in total. The van der Waals surface area contributed by atoms with Crippen molar-refractivity contribution in [2.45, 2.75) is 38.1 Å². The van der Waals surface area contributed by atoms with Crippen molar-refractivity contribution in [3.8, 4) is 5.69 Å². The van der Waals surface area contributed by atoms with E-state index in [0.29, 0.717) is 34.3 Å². The second kappa shape index (κ2) is 8.10. The molecule has 0 aliphatic carbocycles. The Hall–Kier alpha value is -2.05. The van der Waals surface area contributed by atoms with Gasteiger partial charge in [0.05, 0.1) is 22.5 Å². The first-order valence-electron chi connectivity index (χ1n) is 8.48. The van der Waals surface area contributed by atoms with Gasteiger partial charge in [0.15, 0.2) is 0 Å². The Morgan fingerprint density at radius 2 is 2.08 bits per heavy atom. The van der Waals surface area contributed by atoms with Crippen molar-refractivity contribution in [1.82, 2.24) is 14.7 Å². The molecule has 2 heterocycles. The van der Waals surface area contributed by atoms with E-state index >= 15 is 0 Å². The third-order valence-corrected chi connectivity index (χ3v) is 5.10. The number of carboxylic acids is 1. The predicted octanol–water partition coefficient (Wildman–Crippen LogP) is 4.04. The number of carbonyl (C=O) groups is 2. The number of nitrogens with zero attached hydrogens (tertiary/aromatic N) is 3. The van der Waals surface area contributed by atoms with E-state index in [9.17, 15) is 9.59 Å². The zero-order valence-electron chi connectivity index (χ0n) is 14.1. The summed E-state index contributed by atoms with van der Waals surface area (Å²) in [7, 11) is 0. The lowest BCUT2D eigenvalue weighted by molar-refractivity contribution is -0.137. The van der Waals surface area contributed by atoms with Gasteiger partial charge in [0, 0.05) is 30.2 Å². The SMILES string of the molecule is O=C(O)CCC1CCCCN1C(=O)c1cnn(-c2ccc(Cl)cc2Cl)c1. The molecule has 1 amide bonds. The van der Waals surface area contributed by atoms with Crippen LogP contribution in [0.3, 0.4) is 0 Å². The number of aliphatic carboxylic acids is 1. The molecule has 0 saturated carbocycles. The Kier molecular flexibility index (Phi) is 5.84. The molecule has 8 heteroatoms. The normalized spacial score (nSPS) is 17.3. The van der Waals surface area contributed by atoms with Crippen LogP contribution in [0, 0.1) is 0 Å². The number of amides is 1. The van der Waals surface area contributed by atoms with Crippen molar-refractivity contribution >= 4 is 35.1 Å². The lowest BCUT2D eigenvalue weighted by atomic mass is 9.97. The lowest BCUT2D eigenvalue weighted by Gasteiger charge is -2.35. The van der Waals surface area contributed by atoms with Crippen molar-refractivity contribution in [3.63, 3.8) is 0 Å². The first kappa shape index (κ1) is 18.7. The fourth-order valence-corrected chi connectivity index (χ4v) is 3.75. The zero-order chi connectivity index (χ0) is 18.7. The maximum atomic E-state index is 12.9. The number of likely N-dealkylation sites (tertiary alicyclic amines) is 1. The molecule has 1 aliphatic rings. The summed E-state index contributed by atoms with van der Waals surface area (Å²) in [6.45, 7) is 0.635. The fourth-order valence-electron chi connectivity index (χ4n) is 3.26. The maximum Gasteiger partial charge on any atom is 0.303 e. The molecule has 138 valence electrons. The van der Waals surface area contributed by atoms with Crippen LogP contribution < -0.4 is 0 Å². The van der Waals surface area contributed by atoms with Crippen LogP contribution in [-0.4, -0.2) is 44.3 Å². The van der Waals surface area contributed by atoms with Gasteiger partial charge in [-0.15, -0.1) is 0 Å². The molecule has 3 rings (SSSR count). The van der Waals surface area contributed by atoms with Crippen LogP contribution in [0.15, 0.2) is 30.6 Å². The number of hydrogen-bond donors (Lipinski definition) is 1. The summed E-state index contributed by atoms with van der Waals surface area (Å²) in [6.07, 6.45) is 6.44. The van der Waals surface area contributed by atoms with E-state index in [1.54, 1.807) is 34.0 Å². The van der Waals surface area contributed by atoms with Crippen molar-refractivity contribution in [2.75, 3.05) is 6.54 Å². The summed E-state index contributed by atoms with van der Waals surface area (Å²) in [5.74, 6) is -0.968. The van der Waals surface area contributed by atoms with Gasteiger partial charge in [0.2, 0.25) is 0 Å². The van der Waals surface area contributed by atoms with E-state index in [4.69, 9.17) is 28.3 Å². The molecule has 0 spiro atoms. The maximum absolute atomic E-state index is 12.9. The first-order chi connectivity index (χ1) is 12.5. The molecule has 1 aliphatic heterocycles. The van der Waals surface area contributed by atoms with Gasteiger partial charge in [-0.2, -0.15) is 5.10 Å². The summed E-state index contributed by atoms with van der Waals surface area (Å²) < 4.78 is 1.54. The molecule has 1 unspecified atom stereocenters. The molecule has 2 aromatic rings. The van der Waals surface area contributed by atoms with Crippen LogP contribution in [0.5, 0.6) is 0 Å². The largest absolute Gasteiger partial charge is 0.481 e. The Bertz CT molecular complexity index is 822. The van der Waals surface area contributed by atoms with Gasteiger partial charge < -0.3 is 10.0 Å². The molecule has 26 heavy (non-hydrogen) atoms. The third-order valence-electron chi connectivity index (χ3n) is 4.57.